The molecule has 0 aliphatic heterocycles. The van der Waals surface area contributed by atoms with Gasteiger partial charge < -0.3 is 15.7 Å². The van der Waals surface area contributed by atoms with E-state index >= 15 is 0 Å². The van der Waals surface area contributed by atoms with Crippen LogP contribution in [0.3, 0.4) is 0 Å². The number of aromatic nitrogens is 2. The maximum absolute atomic E-state index is 9.04. The van der Waals surface area contributed by atoms with E-state index in [-0.39, 0.29) is 6.61 Å². The van der Waals surface area contributed by atoms with Crippen LogP contribution >= 0.6 is 0 Å². The first-order valence-electron chi connectivity index (χ1n) is 7.20. The molecule has 0 bridgehead atoms. The second kappa shape index (κ2) is 9.55. The molecule has 0 amide bonds. The van der Waals surface area contributed by atoms with Crippen LogP contribution in [0.2, 0.25) is 0 Å². The summed E-state index contributed by atoms with van der Waals surface area (Å²) >= 11 is 0. The molecule has 1 rings (SSSR count). The first kappa shape index (κ1) is 15.7. The van der Waals surface area contributed by atoms with Crippen LogP contribution in [0.4, 0.5) is 11.6 Å². The summed E-state index contributed by atoms with van der Waals surface area (Å²) in [6.07, 6.45) is 5.74. The van der Waals surface area contributed by atoms with E-state index in [1.54, 1.807) is 6.33 Å². The third kappa shape index (κ3) is 6.38. The lowest BCUT2D eigenvalue weighted by molar-refractivity contribution is 0.255. The number of aliphatic hydroxyl groups is 1. The van der Waals surface area contributed by atoms with Gasteiger partial charge in [-0.3, -0.25) is 0 Å². The molecule has 5 heteroatoms. The second-order valence-corrected chi connectivity index (χ2v) is 4.76. The van der Waals surface area contributed by atoms with E-state index in [1.165, 1.54) is 0 Å². The summed E-state index contributed by atoms with van der Waals surface area (Å²) in [6, 6.07) is 1.93. The van der Waals surface area contributed by atoms with Gasteiger partial charge in [0.25, 0.3) is 0 Å². The van der Waals surface area contributed by atoms with Crippen LogP contribution in [0.15, 0.2) is 12.4 Å². The van der Waals surface area contributed by atoms with Crippen molar-refractivity contribution in [3.63, 3.8) is 0 Å². The van der Waals surface area contributed by atoms with Gasteiger partial charge in [0.15, 0.2) is 0 Å². The van der Waals surface area contributed by atoms with Crippen LogP contribution in [0.5, 0.6) is 0 Å². The highest BCUT2D eigenvalue weighted by molar-refractivity contribution is 5.46. The van der Waals surface area contributed by atoms with Gasteiger partial charge in [-0.15, -0.1) is 0 Å². The average molecular weight is 266 g/mol. The lowest BCUT2D eigenvalue weighted by atomic mass is 10.0. The maximum Gasteiger partial charge on any atom is 0.131 e. The van der Waals surface area contributed by atoms with Crippen LogP contribution in [0.25, 0.3) is 0 Å². The largest absolute Gasteiger partial charge is 0.396 e. The van der Waals surface area contributed by atoms with E-state index in [1.807, 2.05) is 6.07 Å². The Kier molecular flexibility index (Phi) is 7.89. The molecule has 0 fully saturated rings. The predicted octanol–water partition coefficient (Wildman–Crippen LogP) is 2.51. The van der Waals surface area contributed by atoms with Crippen LogP contribution < -0.4 is 10.6 Å². The van der Waals surface area contributed by atoms with Gasteiger partial charge in [-0.25, -0.2) is 9.97 Å². The lowest BCUT2D eigenvalue weighted by Crippen LogP contribution is -2.16. The molecule has 1 atom stereocenters. The number of anilines is 2. The van der Waals surface area contributed by atoms with E-state index in [0.717, 1.165) is 50.4 Å². The van der Waals surface area contributed by atoms with Crippen molar-refractivity contribution in [3.05, 3.63) is 12.4 Å². The quantitative estimate of drug-likeness (QED) is 0.607. The van der Waals surface area contributed by atoms with Gasteiger partial charge in [0.05, 0.1) is 0 Å². The molecule has 1 aromatic heterocycles. The fraction of sp³-hybridized carbons (Fsp3) is 0.714. The van der Waals surface area contributed by atoms with Crippen LogP contribution in [0.1, 0.15) is 39.5 Å². The molecule has 1 aromatic rings. The van der Waals surface area contributed by atoms with Crippen molar-refractivity contribution in [1.82, 2.24) is 9.97 Å². The molecule has 19 heavy (non-hydrogen) atoms. The highest BCUT2D eigenvalue weighted by Gasteiger charge is 2.07. The summed E-state index contributed by atoms with van der Waals surface area (Å²) in [5.74, 6) is 2.19. The highest BCUT2D eigenvalue weighted by Crippen LogP contribution is 2.13. The van der Waals surface area contributed by atoms with Crippen molar-refractivity contribution in [1.29, 1.82) is 0 Å². The van der Waals surface area contributed by atoms with Gasteiger partial charge in [-0.2, -0.15) is 0 Å². The number of nitrogens with zero attached hydrogens (tertiary/aromatic N) is 2. The van der Waals surface area contributed by atoms with Crippen molar-refractivity contribution in [2.45, 2.75) is 39.5 Å². The Hall–Kier alpha value is -1.36. The van der Waals surface area contributed by atoms with E-state index in [0.29, 0.717) is 5.92 Å². The van der Waals surface area contributed by atoms with Crippen LogP contribution in [0, 0.1) is 5.92 Å². The van der Waals surface area contributed by atoms with Crippen molar-refractivity contribution >= 4 is 11.6 Å². The predicted molar refractivity (Wildman–Crippen MR) is 79.4 cm³/mol. The molecule has 1 heterocycles. The summed E-state index contributed by atoms with van der Waals surface area (Å²) in [5, 5.41) is 15.6. The highest BCUT2D eigenvalue weighted by atomic mass is 16.3. The molecule has 0 saturated carbocycles. The lowest BCUT2D eigenvalue weighted by Gasteiger charge is -2.16. The Morgan fingerprint density at radius 1 is 1.11 bits per heavy atom. The third-order valence-electron chi connectivity index (χ3n) is 3.03. The smallest absolute Gasteiger partial charge is 0.131 e. The zero-order chi connectivity index (χ0) is 13.9. The Morgan fingerprint density at radius 3 is 2.47 bits per heavy atom. The fourth-order valence-electron chi connectivity index (χ4n) is 1.99. The Bertz CT molecular complexity index is 340. The molecule has 0 aliphatic carbocycles. The second-order valence-electron chi connectivity index (χ2n) is 4.76. The first-order chi connectivity index (χ1) is 9.30. The third-order valence-corrected chi connectivity index (χ3v) is 3.03. The van der Waals surface area contributed by atoms with E-state index in [2.05, 4.69) is 34.4 Å². The molecule has 0 radical (unpaired) electrons. The summed E-state index contributed by atoms with van der Waals surface area (Å²) in [7, 11) is 0. The molecular formula is C14H26N4O. The van der Waals surface area contributed by atoms with E-state index < -0.39 is 0 Å². The first-order valence-corrected chi connectivity index (χ1v) is 7.20. The minimum absolute atomic E-state index is 0.249. The van der Waals surface area contributed by atoms with Gasteiger partial charge in [-0.1, -0.05) is 20.3 Å². The molecule has 0 aromatic carbocycles. The number of hydrogen-bond donors (Lipinski definition) is 3. The number of hydrogen-bond acceptors (Lipinski definition) is 5. The molecule has 0 aliphatic rings. The number of aliphatic hydroxyl groups excluding tert-OH is 1. The minimum Gasteiger partial charge on any atom is -0.396 e. The molecule has 5 nitrogen and oxygen atoms in total. The zero-order valence-corrected chi connectivity index (χ0v) is 12.0. The standard InChI is InChI=1S/C14H26N4O/c1-3-5-12(6-8-19)10-16-14-9-13(15-7-4-2)17-11-18-14/h9,11-12,19H,3-8,10H2,1-2H3,(H2,15,16,17,18). The SMILES string of the molecule is CCCNc1cc(NCC(CCC)CCO)ncn1. The zero-order valence-electron chi connectivity index (χ0n) is 12.0. The minimum atomic E-state index is 0.249. The Balaban J connectivity index is 2.46. The summed E-state index contributed by atoms with van der Waals surface area (Å²) < 4.78 is 0. The summed E-state index contributed by atoms with van der Waals surface area (Å²) in [4.78, 5) is 8.39. The molecule has 0 saturated heterocycles. The van der Waals surface area contributed by atoms with Gasteiger partial charge in [0, 0.05) is 25.8 Å². The van der Waals surface area contributed by atoms with Gasteiger partial charge in [-0.05, 0) is 25.2 Å². The van der Waals surface area contributed by atoms with E-state index in [9.17, 15) is 0 Å². The van der Waals surface area contributed by atoms with Crippen molar-refractivity contribution in [2.24, 2.45) is 5.92 Å². The molecule has 0 spiro atoms. The van der Waals surface area contributed by atoms with Crippen molar-refractivity contribution in [3.8, 4) is 0 Å². The van der Waals surface area contributed by atoms with Crippen LogP contribution in [-0.2, 0) is 0 Å². The van der Waals surface area contributed by atoms with E-state index in [4.69, 9.17) is 5.11 Å². The van der Waals surface area contributed by atoms with Crippen LogP contribution in [-0.4, -0.2) is 34.8 Å². The van der Waals surface area contributed by atoms with Gasteiger partial charge in [0.2, 0.25) is 0 Å². The summed E-state index contributed by atoms with van der Waals surface area (Å²) in [5.41, 5.74) is 0. The topological polar surface area (TPSA) is 70.1 Å². The molecule has 1 unspecified atom stereocenters. The molecule has 108 valence electrons. The van der Waals surface area contributed by atoms with Gasteiger partial charge >= 0.3 is 0 Å². The fourth-order valence-corrected chi connectivity index (χ4v) is 1.99. The number of rotatable bonds is 10. The average Bonchev–Trinajstić information content (AvgIpc) is 2.43. The maximum atomic E-state index is 9.04. The van der Waals surface area contributed by atoms with Crippen molar-refractivity contribution < 1.29 is 5.11 Å². The Labute approximate surface area is 115 Å². The monoisotopic (exact) mass is 266 g/mol. The Morgan fingerprint density at radius 2 is 1.84 bits per heavy atom. The summed E-state index contributed by atoms with van der Waals surface area (Å²) in [6.45, 7) is 6.30. The molecule has 3 N–H and O–H groups in total. The number of nitrogens with one attached hydrogen (secondary N) is 2. The van der Waals surface area contributed by atoms with Crippen molar-refractivity contribution in [2.75, 3.05) is 30.3 Å². The van der Waals surface area contributed by atoms with Gasteiger partial charge in [0.1, 0.15) is 18.0 Å². The molecular weight excluding hydrogens is 240 g/mol. The normalized spacial score (nSPS) is 12.2.